The van der Waals surface area contributed by atoms with Crippen molar-refractivity contribution >= 4 is 21.2 Å². The van der Waals surface area contributed by atoms with Gasteiger partial charge in [-0.05, 0) is 38.1 Å². The van der Waals surface area contributed by atoms with E-state index >= 15 is 0 Å². The van der Waals surface area contributed by atoms with Crippen LogP contribution in [0.4, 0.5) is 11.4 Å². The maximum Gasteiger partial charge on any atom is 0.152 e. The highest BCUT2D eigenvalue weighted by atomic mass is 32.2. The summed E-state index contributed by atoms with van der Waals surface area (Å²) >= 11 is 0. The zero-order valence-electron chi connectivity index (χ0n) is 13.0. The zero-order valence-corrected chi connectivity index (χ0v) is 13.9. The van der Waals surface area contributed by atoms with Crippen LogP contribution in [0.3, 0.4) is 0 Å². The van der Waals surface area contributed by atoms with Gasteiger partial charge in [-0.3, -0.25) is 0 Å². The van der Waals surface area contributed by atoms with Gasteiger partial charge in [-0.25, -0.2) is 8.42 Å². The fourth-order valence-electron chi connectivity index (χ4n) is 2.18. The molecule has 0 fully saturated rings. The van der Waals surface area contributed by atoms with Gasteiger partial charge in [-0.2, -0.15) is 0 Å². The highest BCUT2D eigenvalue weighted by Gasteiger charge is 2.13. The van der Waals surface area contributed by atoms with E-state index < -0.39 is 9.84 Å². The van der Waals surface area contributed by atoms with Crippen molar-refractivity contribution < 1.29 is 13.5 Å². The second-order valence-corrected chi connectivity index (χ2v) is 7.49. The molecule has 120 valence electrons. The van der Waals surface area contributed by atoms with Crippen LogP contribution in [0, 0.1) is 0 Å². The molecule has 1 unspecified atom stereocenters. The van der Waals surface area contributed by atoms with Crippen LogP contribution < -0.4 is 10.2 Å². The van der Waals surface area contributed by atoms with E-state index in [1.54, 1.807) is 6.92 Å². The summed E-state index contributed by atoms with van der Waals surface area (Å²) in [7, 11) is -2.97. The minimum Gasteiger partial charge on any atom is -0.395 e. The van der Waals surface area contributed by atoms with Gasteiger partial charge in [0, 0.05) is 36.3 Å². The van der Waals surface area contributed by atoms with Crippen LogP contribution >= 0.6 is 0 Å². The van der Waals surface area contributed by atoms with Crippen molar-refractivity contribution in [2.75, 3.05) is 41.4 Å². The monoisotopic (exact) mass is 314 g/mol. The molecule has 0 aliphatic carbocycles. The lowest BCUT2D eigenvalue weighted by Gasteiger charge is -2.22. The Morgan fingerprint density at radius 2 is 1.86 bits per heavy atom. The Hall–Kier alpha value is -1.27. The molecule has 1 atom stereocenters. The molecule has 0 heterocycles. The Bertz CT molecular complexity index is 514. The molecule has 0 aliphatic heterocycles. The van der Waals surface area contributed by atoms with Gasteiger partial charge in [0.15, 0.2) is 9.84 Å². The summed E-state index contributed by atoms with van der Waals surface area (Å²) in [6.45, 7) is 7.13. The molecule has 6 heteroatoms. The van der Waals surface area contributed by atoms with Gasteiger partial charge >= 0.3 is 0 Å². The van der Waals surface area contributed by atoms with Crippen LogP contribution in [0.1, 0.15) is 20.8 Å². The van der Waals surface area contributed by atoms with Crippen molar-refractivity contribution in [3.63, 3.8) is 0 Å². The molecule has 21 heavy (non-hydrogen) atoms. The fourth-order valence-corrected chi connectivity index (χ4v) is 3.26. The normalized spacial score (nSPS) is 13.0. The molecule has 0 bridgehead atoms. The molecule has 0 saturated carbocycles. The summed E-state index contributed by atoms with van der Waals surface area (Å²) in [5.74, 6) is 0.307. The Morgan fingerprint density at radius 3 is 2.33 bits per heavy atom. The topological polar surface area (TPSA) is 69.6 Å². The van der Waals surface area contributed by atoms with E-state index in [2.05, 4.69) is 10.2 Å². The number of aliphatic hydroxyl groups is 1. The molecule has 0 amide bonds. The van der Waals surface area contributed by atoms with E-state index in [4.69, 9.17) is 5.11 Å². The first-order chi connectivity index (χ1) is 9.91. The maximum atomic E-state index is 11.6. The summed E-state index contributed by atoms with van der Waals surface area (Å²) in [6, 6.07) is 7.69. The second kappa shape index (κ2) is 8.24. The molecule has 1 aromatic rings. The minimum atomic E-state index is -2.97. The van der Waals surface area contributed by atoms with Crippen LogP contribution in [-0.4, -0.2) is 50.8 Å². The maximum absolute atomic E-state index is 11.6. The predicted molar refractivity (Wildman–Crippen MR) is 88.8 cm³/mol. The lowest BCUT2D eigenvalue weighted by molar-refractivity contribution is 0.302. The Labute approximate surface area is 127 Å². The van der Waals surface area contributed by atoms with E-state index in [9.17, 15) is 8.42 Å². The summed E-state index contributed by atoms with van der Waals surface area (Å²) in [5.41, 5.74) is 1.95. The van der Waals surface area contributed by atoms with E-state index in [1.165, 1.54) is 0 Å². The smallest absolute Gasteiger partial charge is 0.152 e. The molecule has 2 N–H and O–H groups in total. The molecule has 0 spiro atoms. The molecular formula is C15H26N2O3S. The molecule has 0 aliphatic rings. The van der Waals surface area contributed by atoms with Gasteiger partial charge in [0.2, 0.25) is 0 Å². The van der Waals surface area contributed by atoms with Crippen LogP contribution in [0.2, 0.25) is 0 Å². The number of anilines is 2. The third kappa shape index (κ3) is 5.93. The van der Waals surface area contributed by atoms with Crippen LogP contribution in [0.15, 0.2) is 24.3 Å². The number of benzene rings is 1. The largest absolute Gasteiger partial charge is 0.395 e. The Kier molecular flexibility index (Phi) is 6.98. The lowest BCUT2D eigenvalue weighted by Crippen LogP contribution is -2.27. The number of sulfone groups is 1. The van der Waals surface area contributed by atoms with Gasteiger partial charge in [-0.15, -0.1) is 0 Å². The van der Waals surface area contributed by atoms with Crippen molar-refractivity contribution in [3.8, 4) is 0 Å². The van der Waals surface area contributed by atoms with Crippen molar-refractivity contribution in [1.29, 1.82) is 0 Å². The summed E-state index contributed by atoms with van der Waals surface area (Å²) < 4.78 is 23.2. The fraction of sp³-hybridized carbons (Fsp3) is 0.600. The zero-order chi connectivity index (χ0) is 15.9. The van der Waals surface area contributed by atoms with Crippen LogP contribution in [0.25, 0.3) is 0 Å². The standard InChI is InChI=1S/C15H26N2O3S/c1-4-17(10-11-18)15-8-6-14(7-9-15)16-13(3)12-21(19,20)5-2/h6-9,13,16,18H,4-5,10-12H2,1-3H3. The van der Waals surface area contributed by atoms with Gasteiger partial charge in [-0.1, -0.05) is 6.92 Å². The highest BCUT2D eigenvalue weighted by Crippen LogP contribution is 2.18. The highest BCUT2D eigenvalue weighted by molar-refractivity contribution is 7.91. The number of hydrogen-bond donors (Lipinski definition) is 2. The number of likely N-dealkylation sites (N-methyl/N-ethyl adjacent to an activating group) is 1. The van der Waals surface area contributed by atoms with Gasteiger partial charge in [0.1, 0.15) is 0 Å². The Balaban J connectivity index is 2.66. The minimum absolute atomic E-state index is 0.125. The number of hydrogen-bond acceptors (Lipinski definition) is 5. The second-order valence-electron chi connectivity index (χ2n) is 5.09. The molecule has 0 saturated heterocycles. The van der Waals surface area contributed by atoms with Gasteiger partial charge in [0.25, 0.3) is 0 Å². The first kappa shape index (κ1) is 17.8. The predicted octanol–water partition coefficient (Wildman–Crippen LogP) is 1.74. The van der Waals surface area contributed by atoms with Crippen LogP contribution in [-0.2, 0) is 9.84 Å². The molecule has 0 aromatic heterocycles. The average molecular weight is 314 g/mol. The van der Waals surface area contributed by atoms with E-state index in [1.807, 2.05) is 38.1 Å². The number of rotatable bonds is 9. The van der Waals surface area contributed by atoms with Gasteiger partial charge in [0.05, 0.1) is 12.4 Å². The third-order valence-corrected chi connectivity index (χ3v) is 5.23. The lowest BCUT2D eigenvalue weighted by atomic mass is 10.2. The summed E-state index contributed by atoms with van der Waals surface area (Å²) in [4.78, 5) is 2.08. The average Bonchev–Trinajstić information content (AvgIpc) is 2.45. The SMILES string of the molecule is CCN(CCO)c1ccc(NC(C)CS(=O)(=O)CC)cc1. The van der Waals surface area contributed by atoms with Crippen molar-refractivity contribution in [2.45, 2.75) is 26.8 Å². The molecule has 1 rings (SSSR count). The van der Waals surface area contributed by atoms with Gasteiger partial charge < -0.3 is 15.3 Å². The van der Waals surface area contributed by atoms with Crippen LogP contribution in [0.5, 0.6) is 0 Å². The third-order valence-electron chi connectivity index (χ3n) is 3.34. The molecule has 0 radical (unpaired) electrons. The van der Waals surface area contributed by atoms with E-state index in [0.717, 1.165) is 17.9 Å². The van der Waals surface area contributed by atoms with E-state index in [-0.39, 0.29) is 24.2 Å². The molecule has 1 aromatic carbocycles. The van der Waals surface area contributed by atoms with Crippen molar-refractivity contribution in [1.82, 2.24) is 0 Å². The number of nitrogens with zero attached hydrogens (tertiary/aromatic N) is 1. The van der Waals surface area contributed by atoms with E-state index in [0.29, 0.717) is 6.54 Å². The summed E-state index contributed by atoms with van der Waals surface area (Å²) in [6.07, 6.45) is 0. The van der Waals surface area contributed by atoms with Crippen molar-refractivity contribution in [2.24, 2.45) is 0 Å². The molecule has 5 nitrogen and oxygen atoms in total. The quantitative estimate of drug-likeness (QED) is 0.726. The number of aliphatic hydroxyl groups excluding tert-OH is 1. The first-order valence-electron chi connectivity index (χ1n) is 7.34. The summed E-state index contributed by atoms with van der Waals surface area (Å²) in [5, 5.41) is 12.2. The molecular weight excluding hydrogens is 288 g/mol. The Morgan fingerprint density at radius 1 is 1.24 bits per heavy atom. The number of nitrogens with one attached hydrogen (secondary N) is 1. The van der Waals surface area contributed by atoms with Crippen molar-refractivity contribution in [3.05, 3.63) is 24.3 Å². The first-order valence-corrected chi connectivity index (χ1v) is 9.16.